The Hall–Kier alpha value is -1.15. The molecule has 0 fully saturated rings. The summed E-state index contributed by atoms with van der Waals surface area (Å²) < 4.78 is 0. The third-order valence-corrected chi connectivity index (χ3v) is 2.62. The molecular formula is C13H19NO. The minimum Gasteiger partial charge on any atom is -0.321 e. The van der Waals surface area contributed by atoms with E-state index in [4.69, 9.17) is 5.73 Å². The summed E-state index contributed by atoms with van der Waals surface area (Å²) in [4.78, 5) is 11.0. The van der Waals surface area contributed by atoms with Crippen molar-refractivity contribution in [2.75, 3.05) is 0 Å². The Kier molecular flexibility index (Phi) is 4.04. The number of benzene rings is 1. The van der Waals surface area contributed by atoms with Crippen molar-refractivity contribution >= 4 is 5.78 Å². The molecule has 0 aromatic heterocycles. The van der Waals surface area contributed by atoms with E-state index in [-0.39, 0.29) is 11.8 Å². The molecule has 0 aliphatic heterocycles. The van der Waals surface area contributed by atoms with Gasteiger partial charge >= 0.3 is 0 Å². The molecule has 0 aliphatic rings. The first-order valence-corrected chi connectivity index (χ1v) is 5.35. The number of hydrogen-bond donors (Lipinski definition) is 1. The van der Waals surface area contributed by atoms with Crippen molar-refractivity contribution < 1.29 is 4.79 Å². The molecule has 0 radical (unpaired) electrons. The zero-order valence-electron chi connectivity index (χ0n) is 9.66. The maximum absolute atomic E-state index is 11.0. The summed E-state index contributed by atoms with van der Waals surface area (Å²) >= 11 is 0. The first-order chi connectivity index (χ1) is 7.00. The van der Waals surface area contributed by atoms with Gasteiger partial charge in [0.15, 0.2) is 0 Å². The van der Waals surface area contributed by atoms with Crippen LogP contribution >= 0.6 is 0 Å². The quantitative estimate of drug-likeness (QED) is 0.819. The highest BCUT2D eigenvalue weighted by atomic mass is 16.1. The van der Waals surface area contributed by atoms with E-state index in [1.54, 1.807) is 0 Å². The van der Waals surface area contributed by atoms with Crippen LogP contribution < -0.4 is 5.73 Å². The smallest absolute Gasteiger partial charge is 0.146 e. The van der Waals surface area contributed by atoms with Crippen molar-refractivity contribution in [3.8, 4) is 0 Å². The van der Waals surface area contributed by atoms with E-state index >= 15 is 0 Å². The molecule has 82 valence electrons. The SMILES string of the molecule is CC(=O)[C@@H](N)Cc1ccc(C(C)C)cc1. The molecule has 2 heteroatoms. The van der Waals surface area contributed by atoms with Crippen LogP contribution in [0.1, 0.15) is 37.8 Å². The lowest BCUT2D eigenvalue weighted by molar-refractivity contribution is -0.118. The van der Waals surface area contributed by atoms with Crippen LogP contribution in [0.4, 0.5) is 0 Å². The fourth-order valence-corrected chi connectivity index (χ4v) is 1.44. The monoisotopic (exact) mass is 205 g/mol. The molecule has 2 N–H and O–H groups in total. The summed E-state index contributed by atoms with van der Waals surface area (Å²) in [7, 11) is 0. The summed E-state index contributed by atoms with van der Waals surface area (Å²) in [5.74, 6) is 0.587. The van der Waals surface area contributed by atoms with Gasteiger partial charge in [0.25, 0.3) is 0 Å². The zero-order chi connectivity index (χ0) is 11.4. The molecule has 2 nitrogen and oxygen atoms in total. The number of hydrogen-bond acceptors (Lipinski definition) is 2. The van der Waals surface area contributed by atoms with E-state index in [0.717, 1.165) is 5.56 Å². The minimum atomic E-state index is -0.366. The van der Waals surface area contributed by atoms with Crippen molar-refractivity contribution in [1.29, 1.82) is 0 Å². The third kappa shape index (κ3) is 3.48. The topological polar surface area (TPSA) is 43.1 Å². The second-order valence-electron chi connectivity index (χ2n) is 4.32. The van der Waals surface area contributed by atoms with Gasteiger partial charge in [-0.05, 0) is 30.4 Å². The number of rotatable bonds is 4. The zero-order valence-corrected chi connectivity index (χ0v) is 9.66. The number of carbonyl (C=O) groups excluding carboxylic acids is 1. The molecule has 0 heterocycles. The minimum absolute atomic E-state index is 0.0444. The van der Waals surface area contributed by atoms with Crippen molar-refractivity contribution in [2.24, 2.45) is 5.73 Å². The summed E-state index contributed by atoms with van der Waals surface area (Å²) in [6.45, 7) is 5.86. The second kappa shape index (κ2) is 5.08. The maximum atomic E-state index is 11.0. The molecule has 1 aromatic carbocycles. The summed E-state index contributed by atoms with van der Waals surface area (Å²) in [5.41, 5.74) is 8.14. The van der Waals surface area contributed by atoms with Gasteiger partial charge in [0.1, 0.15) is 5.78 Å². The van der Waals surface area contributed by atoms with E-state index in [1.165, 1.54) is 12.5 Å². The standard InChI is InChI=1S/C13H19NO/c1-9(2)12-6-4-11(5-7-12)8-13(14)10(3)15/h4-7,9,13H,8,14H2,1-3H3/t13-/m0/s1. The highest BCUT2D eigenvalue weighted by molar-refractivity contribution is 5.81. The van der Waals surface area contributed by atoms with Crippen LogP contribution in [0.25, 0.3) is 0 Å². The van der Waals surface area contributed by atoms with Gasteiger partial charge in [-0.3, -0.25) is 4.79 Å². The molecule has 1 atom stereocenters. The van der Waals surface area contributed by atoms with Crippen LogP contribution in [0.15, 0.2) is 24.3 Å². The van der Waals surface area contributed by atoms with Crippen molar-refractivity contribution in [1.82, 2.24) is 0 Å². The third-order valence-electron chi connectivity index (χ3n) is 2.62. The van der Waals surface area contributed by atoms with Gasteiger partial charge in [-0.1, -0.05) is 38.1 Å². The van der Waals surface area contributed by atoms with Crippen LogP contribution in [-0.2, 0) is 11.2 Å². The highest BCUT2D eigenvalue weighted by Crippen LogP contribution is 2.15. The molecule has 0 amide bonds. The summed E-state index contributed by atoms with van der Waals surface area (Å²) in [6, 6.07) is 7.95. The Morgan fingerprint density at radius 2 is 1.80 bits per heavy atom. The van der Waals surface area contributed by atoms with Gasteiger partial charge in [-0.25, -0.2) is 0 Å². The van der Waals surface area contributed by atoms with Gasteiger partial charge in [-0.2, -0.15) is 0 Å². The Morgan fingerprint density at radius 1 is 1.27 bits per heavy atom. The Labute approximate surface area is 91.5 Å². The van der Waals surface area contributed by atoms with Gasteiger partial charge in [0.05, 0.1) is 6.04 Å². The highest BCUT2D eigenvalue weighted by Gasteiger charge is 2.08. The first-order valence-electron chi connectivity index (χ1n) is 5.35. The fourth-order valence-electron chi connectivity index (χ4n) is 1.44. The first kappa shape index (κ1) is 11.9. The summed E-state index contributed by atoms with van der Waals surface area (Å²) in [5, 5.41) is 0. The molecular weight excluding hydrogens is 186 g/mol. The van der Waals surface area contributed by atoms with Gasteiger partial charge < -0.3 is 5.73 Å². The predicted octanol–water partition coefficient (Wildman–Crippen LogP) is 2.27. The normalized spacial score (nSPS) is 12.9. The van der Waals surface area contributed by atoms with Crippen molar-refractivity contribution in [3.63, 3.8) is 0 Å². The van der Waals surface area contributed by atoms with E-state index in [2.05, 4.69) is 38.1 Å². The number of Topliss-reactive ketones (excluding diaryl/α,β-unsaturated/α-hetero) is 1. The van der Waals surface area contributed by atoms with Crippen molar-refractivity contribution in [2.45, 2.75) is 39.2 Å². The Balaban J connectivity index is 2.68. The van der Waals surface area contributed by atoms with Gasteiger partial charge in [0.2, 0.25) is 0 Å². The molecule has 0 saturated carbocycles. The molecule has 15 heavy (non-hydrogen) atoms. The lowest BCUT2D eigenvalue weighted by Crippen LogP contribution is -2.30. The van der Waals surface area contributed by atoms with Crippen LogP contribution in [0.5, 0.6) is 0 Å². The average Bonchev–Trinajstić information content (AvgIpc) is 2.18. The van der Waals surface area contributed by atoms with E-state index in [1.807, 2.05) is 0 Å². The van der Waals surface area contributed by atoms with Crippen LogP contribution in [0.3, 0.4) is 0 Å². The lowest BCUT2D eigenvalue weighted by atomic mass is 9.98. The second-order valence-corrected chi connectivity index (χ2v) is 4.32. The van der Waals surface area contributed by atoms with Crippen LogP contribution in [0, 0.1) is 0 Å². The largest absolute Gasteiger partial charge is 0.321 e. The molecule has 0 aliphatic carbocycles. The molecule has 0 unspecified atom stereocenters. The Morgan fingerprint density at radius 3 is 2.20 bits per heavy atom. The average molecular weight is 205 g/mol. The number of ketones is 1. The number of nitrogens with two attached hydrogens (primary N) is 1. The molecule has 0 saturated heterocycles. The van der Waals surface area contributed by atoms with E-state index in [0.29, 0.717) is 12.3 Å². The molecule has 0 spiro atoms. The van der Waals surface area contributed by atoms with Crippen LogP contribution in [-0.4, -0.2) is 11.8 Å². The van der Waals surface area contributed by atoms with Crippen LogP contribution in [0.2, 0.25) is 0 Å². The predicted molar refractivity (Wildman–Crippen MR) is 62.9 cm³/mol. The molecule has 1 rings (SSSR count). The summed E-state index contributed by atoms with van der Waals surface area (Å²) in [6.07, 6.45) is 0.633. The number of carbonyl (C=O) groups is 1. The maximum Gasteiger partial charge on any atom is 0.146 e. The molecule has 0 bridgehead atoms. The van der Waals surface area contributed by atoms with Crippen molar-refractivity contribution in [3.05, 3.63) is 35.4 Å². The fraction of sp³-hybridized carbons (Fsp3) is 0.462. The van der Waals surface area contributed by atoms with E-state index in [9.17, 15) is 4.79 Å². The lowest BCUT2D eigenvalue weighted by Gasteiger charge is -2.09. The van der Waals surface area contributed by atoms with Gasteiger partial charge in [-0.15, -0.1) is 0 Å². The Bertz CT molecular complexity index is 327. The van der Waals surface area contributed by atoms with E-state index < -0.39 is 0 Å². The van der Waals surface area contributed by atoms with Gasteiger partial charge in [0, 0.05) is 0 Å². The molecule has 1 aromatic rings.